The molecule has 1 aliphatic rings. The predicted molar refractivity (Wildman–Crippen MR) is 232 cm³/mol. The molecule has 0 saturated carbocycles. The summed E-state index contributed by atoms with van der Waals surface area (Å²) in [7, 11) is 0. The van der Waals surface area contributed by atoms with Crippen LogP contribution in [0.3, 0.4) is 0 Å². The molecule has 9 aromatic rings. The Hall–Kier alpha value is -7.30. The molecule has 0 fully saturated rings. The molecule has 1 atom stereocenters. The molecule has 0 N–H and O–H groups in total. The van der Waals surface area contributed by atoms with Crippen LogP contribution in [0.2, 0.25) is 0 Å². The smallest absolute Gasteiger partial charge is 0.164 e. The highest BCUT2D eigenvalue weighted by molar-refractivity contribution is 5.89. The number of fused-ring (bicyclic) bond motifs is 3. The van der Waals surface area contributed by atoms with Crippen LogP contribution < -0.4 is 0 Å². The highest BCUT2D eigenvalue weighted by Crippen LogP contribution is 2.57. The zero-order chi connectivity index (χ0) is 38.3. The fraction of sp³-hybridized carbons (Fsp3) is 0.0566. The average molecular weight is 731 g/mol. The highest BCUT2D eigenvalue weighted by Gasteiger charge is 2.46. The quantitative estimate of drug-likeness (QED) is 0.164. The van der Waals surface area contributed by atoms with Crippen LogP contribution in [0.4, 0.5) is 0 Å². The number of nitrogens with zero attached hydrogens (tertiary/aromatic N) is 4. The molecule has 0 spiro atoms. The summed E-state index contributed by atoms with van der Waals surface area (Å²) in [5.74, 6) is 1.91. The standard InChI is InChI=1S/C53H38N4/c1-35-30-49(54-34-36(35)2)41-21-14-20-39(31-41)40-28-29-46-45-26-12-13-27-47(45)53(48(46)33-40,43-23-10-5-11-24-43)44-25-15-22-42(32-44)52-56-50(37-16-6-3-7-17-37)55-51(57-52)38-18-8-4-9-19-38/h3-34H,1-2H3. The first-order valence-corrected chi connectivity index (χ1v) is 19.4. The molecule has 7 aromatic carbocycles. The molecular weight excluding hydrogens is 693 g/mol. The minimum absolute atomic E-state index is 0.621. The molecule has 1 aliphatic carbocycles. The summed E-state index contributed by atoms with van der Waals surface area (Å²) in [6.45, 7) is 4.25. The van der Waals surface area contributed by atoms with Crippen molar-refractivity contribution in [2.75, 3.05) is 0 Å². The number of hydrogen-bond donors (Lipinski definition) is 0. The average Bonchev–Trinajstić information content (AvgIpc) is 3.58. The van der Waals surface area contributed by atoms with Crippen molar-refractivity contribution in [2.24, 2.45) is 0 Å². The van der Waals surface area contributed by atoms with E-state index in [4.69, 9.17) is 19.9 Å². The molecule has 270 valence electrons. The van der Waals surface area contributed by atoms with E-state index in [2.05, 4.69) is 141 Å². The van der Waals surface area contributed by atoms with Gasteiger partial charge < -0.3 is 0 Å². The van der Waals surface area contributed by atoms with E-state index in [1.165, 1.54) is 38.9 Å². The van der Waals surface area contributed by atoms with E-state index in [0.717, 1.165) is 44.6 Å². The Morgan fingerprint density at radius 3 is 1.58 bits per heavy atom. The molecule has 57 heavy (non-hydrogen) atoms. The summed E-state index contributed by atoms with van der Waals surface area (Å²) in [5, 5.41) is 0. The summed E-state index contributed by atoms with van der Waals surface area (Å²) >= 11 is 0. The van der Waals surface area contributed by atoms with Gasteiger partial charge in [-0.15, -0.1) is 0 Å². The van der Waals surface area contributed by atoms with E-state index in [1.54, 1.807) is 0 Å². The van der Waals surface area contributed by atoms with E-state index < -0.39 is 5.41 Å². The van der Waals surface area contributed by atoms with E-state index in [-0.39, 0.29) is 0 Å². The maximum Gasteiger partial charge on any atom is 0.164 e. The van der Waals surface area contributed by atoms with Gasteiger partial charge in [0.1, 0.15) is 0 Å². The van der Waals surface area contributed by atoms with Crippen LogP contribution in [0.15, 0.2) is 194 Å². The summed E-state index contributed by atoms with van der Waals surface area (Å²) in [6.07, 6.45) is 1.97. The fourth-order valence-corrected chi connectivity index (χ4v) is 8.41. The molecule has 1 unspecified atom stereocenters. The summed E-state index contributed by atoms with van der Waals surface area (Å²) in [4.78, 5) is 20.0. The third kappa shape index (κ3) is 5.94. The van der Waals surface area contributed by atoms with Crippen molar-refractivity contribution in [1.82, 2.24) is 19.9 Å². The van der Waals surface area contributed by atoms with Gasteiger partial charge in [-0.25, -0.2) is 15.0 Å². The Morgan fingerprint density at radius 1 is 0.351 bits per heavy atom. The van der Waals surface area contributed by atoms with Crippen LogP contribution in [-0.2, 0) is 5.41 Å². The Kier molecular flexibility index (Phi) is 8.45. The van der Waals surface area contributed by atoms with Crippen molar-refractivity contribution in [3.05, 3.63) is 228 Å². The first kappa shape index (κ1) is 34.2. The SMILES string of the molecule is Cc1cnc(-c2cccc(-c3ccc4c(c3)C(c3ccccc3)(c3cccc(-c5nc(-c6ccccc6)nc(-c6ccccc6)n5)c3)c3ccccc3-4)c2)cc1C. The van der Waals surface area contributed by atoms with Crippen molar-refractivity contribution in [1.29, 1.82) is 0 Å². The Balaban J connectivity index is 1.18. The Labute approximate surface area is 333 Å². The lowest BCUT2D eigenvalue weighted by atomic mass is 9.67. The van der Waals surface area contributed by atoms with Crippen LogP contribution in [0.1, 0.15) is 33.4 Å². The lowest BCUT2D eigenvalue weighted by Gasteiger charge is -2.34. The van der Waals surface area contributed by atoms with Crippen molar-refractivity contribution in [3.63, 3.8) is 0 Å². The fourth-order valence-electron chi connectivity index (χ4n) is 8.41. The van der Waals surface area contributed by atoms with Crippen molar-refractivity contribution < 1.29 is 0 Å². The minimum Gasteiger partial charge on any atom is -0.256 e. The maximum atomic E-state index is 5.12. The lowest BCUT2D eigenvalue weighted by molar-refractivity contribution is 0.769. The van der Waals surface area contributed by atoms with Crippen molar-refractivity contribution >= 4 is 0 Å². The van der Waals surface area contributed by atoms with E-state index in [9.17, 15) is 0 Å². The Bertz CT molecular complexity index is 2860. The van der Waals surface area contributed by atoms with Crippen LogP contribution in [0, 0.1) is 13.8 Å². The van der Waals surface area contributed by atoms with Crippen LogP contribution in [0.25, 0.3) is 67.7 Å². The van der Waals surface area contributed by atoms with Crippen LogP contribution in [0.5, 0.6) is 0 Å². The zero-order valence-corrected chi connectivity index (χ0v) is 31.8. The van der Waals surface area contributed by atoms with Gasteiger partial charge in [0.2, 0.25) is 0 Å². The minimum atomic E-state index is -0.621. The summed E-state index contributed by atoms with van der Waals surface area (Å²) < 4.78 is 0. The molecule has 0 bridgehead atoms. The van der Waals surface area contributed by atoms with Gasteiger partial charge in [0.15, 0.2) is 17.5 Å². The summed E-state index contributed by atoms with van der Waals surface area (Å²) in [6, 6.07) is 66.8. The van der Waals surface area contributed by atoms with Gasteiger partial charge in [-0.2, -0.15) is 0 Å². The number of hydrogen-bond acceptors (Lipinski definition) is 4. The summed E-state index contributed by atoms with van der Waals surface area (Å²) in [5.41, 5.74) is 16.3. The van der Waals surface area contributed by atoms with Gasteiger partial charge >= 0.3 is 0 Å². The molecule has 2 aromatic heterocycles. The highest BCUT2D eigenvalue weighted by atomic mass is 15.0. The third-order valence-corrected chi connectivity index (χ3v) is 11.4. The van der Waals surface area contributed by atoms with Crippen LogP contribution >= 0.6 is 0 Å². The first-order valence-electron chi connectivity index (χ1n) is 19.4. The van der Waals surface area contributed by atoms with E-state index in [0.29, 0.717) is 17.5 Å². The normalized spacial score (nSPS) is 14.2. The zero-order valence-electron chi connectivity index (χ0n) is 31.8. The second-order valence-corrected chi connectivity index (χ2v) is 14.8. The van der Waals surface area contributed by atoms with E-state index in [1.807, 2.05) is 66.9 Å². The number of pyridine rings is 1. The number of rotatable bonds is 7. The lowest BCUT2D eigenvalue weighted by Crippen LogP contribution is -2.28. The van der Waals surface area contributed by atoms with Crippen molar-refractivity contribution in [3.8, 4) is 67.7 Å². The van der Waals surface area contributed by atoms with Gasteiger partial charge in [-0.1, -0.05) is 164 Å². The van der Waals surface area contributed by atoms with Crippen LogP contribution in [-0.4, -0.2) is 19.9 Å². The van der Waals surface area contributed by atoms with Gasteiger partial charge in [0, 0.05) is 28.5 Å². The topological polar surface area (TPSA) is 51.6 Å². The number of aromatic nitrogens is 4. The molecular formula is C53H38N4. The largest absolute Gasteiger partial charge is 0.256 e. The molecule has 0 radical (unpaired) electrons. The predicted octanol–water partition coefficient (Wildman–Crippen LogP) is 12.6. The van der Waals surface area contributed by atoms with Gasteiger partial charge in [0.05, 0.1) is 11.1 Å². The van der Waals surface area contributed by atoms with E-state index >= 15 is 0 Å². The molecule has 4 heteroatoms. The first-order chi connectivity index (χ1) is 28.1. The third-order valence-electron chi connectivity index (χ3n) is 11.4. The van der Waals surface area contributed by atoms with Crippen molar-refractivity contribution in [2.45, 2.75) is 19.3 Å². The number of benzene rings is 7. The molecule has 10 rings (SSSR count). The van der Waals surface area contributed by atoms with Gasteiger partial charge in [0.25, 0.3) is 0 Å². The molecule has 2 heterocycles. The maximum absolute atomic E-state index is 5.12. The molecule has 0 aliphatic heterocycles. The molecule has 0 saturated heterocycles. The molecule has 4 nitrogen and oxygen atoms in total. The Morgan fingerprint density at radius 2 is 0.877 bits per heavy atom. The monoisotopic (exact) mass is 730 g/mol. The second-order valence-electron chi connectivity index (χ2n) is 14.8. The van der Waals surface area contributed by atoms with Gasteiger partial charge in [-0.3, -0.25) is 4.98 Å². The number of aryl methyl sites for hydroxylation is 2. The second kappa shape index (κ2) is 14.1. The van der Waals surface area contributed by atoms with Gasteiger partial charge in [-0.05, 0) is 93.7 Å². The molecule has 0 amide bonds.